The number of hydrogen-bond acceptors (Lipinski definition) is 4. The van der Waals surface area contributed by atoms with Crippen LogP contribution in [0.4, 0.5) is 4.39 Å². The number of ether oxygens (including phenoxy) is 1. The Bertz CT molecular complexity index is 797. The highest BCUT2D eigenvalue weighted by Gasteiger charge is 2.15. The first-order valence-corrected chi connectivity index (χ1v) is 6.10. The normalized spacial score (nSPS) is 11.0. The van der Waals surface area contributed by atoms with Gasteiger partial charge in [-0.05, 0) is 19.1 Å². The molecule has 0 bridgehead atoms. The van der Waals surface area contributed by atoms with E-state index in [1.165, 1.54) is 19.2 Å². The van der Waals surface area contributed by atoms with E-state index in [1.54, 1.807) is 16.9 Å². The Morgan fingerprint density at radius 1 is 1.25 bits per heavy atom. The molecule has 102 valence electrons. The molecule has 1 aromatic carbocycles. The fourth-order valence-corrected chi connectivity index (χ4v) is 2.20. The van der Waals surface area contributed by atoms with Crippen LogP contribution in [0.15, 0.2) is 24.4 Å². The SMILES string of the molecule is COc1cc(F)ccc1-c1nc(C)nc2c1cnn2C. The van der Waals surface area contributed by atoms with Gasteiger partial charge in [-0.3, -0.25) is 4.68 Å². The number of aromatic nitrogens is 4. The van der Waals surface area contributed by atoms with Crippen LogP contribution in [0.25, 0.3) is 22.3 Å². The maximum absolute atomic E-state index is 13.3. The van der Waals surface area contributed by atoms with Crippen LogP contribution in [0, 0.1) is 12.7 Å². The lowest BCUT2D eigenvalue weighted by Crippen LogP contribution is -1.98. The van der Waals surface area contributed by atoms with Crippen molar-refractivity contribution < 1.29 is 9.13 Å². The van der Waals surface area contributed by atoms with Gasteiger partial charge in [0.15, 0.2) is 5.65 Å². The number of nitrogens with zero attached hydrogens (tertiary/aromatic N) is 4. The molecule has 0 unspecified atom stereocenters. The van der Waals surface area contributed by atoms with Crippen molar-refractivity contribution in [3.63, 3.8) is 0 Å². The second-order valence-electron chi connectivity index (χ2n) is 4.47. The molecular formula is C14H13FN4O. The molecule has 0 saturated carbocycles. The summed E-state index contributed by atoms with van der Waals surface area (Å²) >= 11 is 0. The van der Waals surface area contributed by atoms with Gasteiger partial charge in [0, 0.05) is 18.7 Å². The molecule has 5 nitrogen and oxygen atoms in total. The smallest absolute Gasteiger partial charge is 0.161 e. The summed E-state index contributed by atoms with van der Waals surface area (Å²) in [6.07, 6.45) is 1.70. The summed E-state index contributed by atoms with van der Waals surface area (Å²) < 4.78 is 20.3. The van der Waals surface area contributed by atoms with Crippen molar-refractivity contribution in [2.75, 3.05) is 7.11 Å². The molecule has 0 aliphatic carbocycles. The van der Waals surface area contributed by atoms with Crippen LogP contribution in [0.1, 0.15) is 5.82 Å². The summed E-state index contributed by atoms with van der Waals surface area (Å²) in [5.41, 5.74) is 2.15. The zero-order chi connectivity index (χ0) is 14.3. The van der Waals surface area contributed by atoms with E-state index >= 15 is 0 Å². The topological polar surface area (TPSA) is 52.8 Å². The average molecular weight is 272 g/mol. The number of fused-ring (bicyclic) bond motifs is 1. The Balaban J connectivity index is 2.34. The fraction of sp³-hybridized carbons (Fsp3) is 0.214. The van der Waals surface area contributed by atoms with Gasteiger partial charge >= 0.3 is 0 Å². The van der Waals surface area contributed by atoms with Gasteiger partial charge in [-0.15, -0.1) is 0 Å². The molecule has 6 heteroatoms. The number of halogens is 1. The minimum atomic E-state index is -0.348. The zero-order valence-corrected chi connectivity index (χ0v) is 11.4. The van der Waals surface area contributed by atoms with E-state index in [-0.39, 0.29) is 5.82 Å². The van der Waals surface area contributed by atoms with Crippen LogP contribution in [-0.2, 0) is 7.05 Å². The quantitative estimate of drug-likeness (QED) is 0.719. The van der Waals surface area contributed by atoms with E-state index in [0.717, 1.165) is 16.6 Å². The number of rotatable bonds is 2. The number of benzene rings is 1. The van der Waals surface area contributed by atoms with Crippen LogP contribution >= 0.6 is 0 Å². The summed E-state index contributed by atoms with van der Waals surface area (Å²) in [5.74, 6) is 0.717. The molecule has 0 amide bonds. The molecule has 20 heavy (non-hydrogen) atoms. The molecule has 0 aliphatic rings. The molecule has 3 rings (SSSR count). The minimum absolute atomic E-state index is 0.348. The van der Waals surface area contributed by atoms with E-state index in [9.17, 15) is 4.39 Å². The highest BCUT2D eigenvalue weighted by Crippen LogP contribution is 2.33. The standard InChI is InChI=1S/C14H13FN4O/c1-8-17-13(11-7-16-19(2)14(11)18-8)10-5-4-9(15)6-12(10)20-3/h4-7H,1-3H3. The third kappa shape index (κ3) is 1.89. The third-order valence-corrected chi connectivity index (χ3v) is 3.12. The Labute approximate surface area is 115 Å². The van der Waals surface area contributed by atoms with Crippen LogP contribution in [0.5, 0.6) is 5.75 Å². The van der Waals surface area contributed by atoms with Gasteiger partial charge in [0.2, 0.25) is 0 Å². The summed E-state index contributed by atoms with van der Waals surface area (Å²) in [6.45, 7) is 1.81. The van der Waals surface area contributed by atoms with Crippen molar-refractivity contribution in [1.82, 2.24) is 19.7 Å². The van der Waals surface area contributed by atoms with Crippen molar-refractivity contribution in [3.8, 4) is 17.0 Å². The van der Waals surface area contributed by atoms with Gasteiger partial charge in [-0.25, -0.2) is 14.4 Å². The summed E-state index contributed by atoms with van der Waals surface area (Å²) in [6, 6.07) is 4.38. The molecule has 0 radical (unpaired) electrons. The largest absolute Gasteiger partial charge is 0.496 e. The van der Waals surface area contributed by atoms with Crippen molar-refractivity contribution in [3.05, 3.63) is 36.0 Å². The number of aryl methyl sites for hydroxylation is 2. The van der Waals surface area contributed by atoms with Gasteiger partial charge in [0.25, 0.3) is 0 Å². The molecule has 2 heterocycles. The van der Waals surface area contributed by atoms with Crippen molar-refractivity contribution in [2.45, 2.75) is 6.92 Å². The zero-order valence-electron chi connectivity index (χ0n) is 11.4. The van der Waals surface area contributed by atoms with Gasteiger partial charge in [0.05, 0.1) is 24.4 Å². The highest BCUT2D eigenvalue weighted by molar-refractivity contribution is 5.91. The predicted octanol–water partition coefficient (Wildman–Crippen LogP) is 2.49. The van der Waals surface area contributed by atoms with E-state index in [2.05, 4.69) is 15.1 Å². The lowest BCUT2D eigenvalue weighted by atomic mass is 10.1. The molecular weight excluding hydrogens is 259 g/mol. The predicted molar refractivity (Wildman–Crippen MR) is 73.0 cm³/mol. The van der Waals surface area contributed by atoms with Crippen molar-refractivity contribution in [2.24, 2.45) is 7.05 Å². The van der Waals surface area contributed by atoms with Crippen LogP contribution in [0.3, 0.4) is 0 Å². The molecule has 0 N–H and O–H groups in total. The molecule has 0 aliphatic heterocycles. The van der Waals surface area contributed by atoms with Crippen LogP contribution in [0.2, 0.25) is 0 Å². The maximum atomic E-state index is 13.3. The molecule has 0 saturated heterocycles. The Morgan fingerprint density at radius 2 is 2.05 bits per heavy atom. The lowest BCUT2D eigenvalue weighted by molar-refractivity contribution is 0.413. The monoisotopic (exact) mass is 272 g/mol. The van der Waals surface area contributed by atoms with E-state index < -0.39 is 0 Å². The molecule has 0 atom stereocenters. The summed E-state index contributed by atoms with van der Waals surface area (Å²) in [5, 5.41) is 5.00. The second kappa shape index (κ2) is 4.56. The van der Waals surface area contributed by atoms with Crippen LogP contribution < -0.4 is 4.74 Å². The van der Waals surface area contributed by atoms with E-state index in [0.29, 0.717) is 17.3 Å². The van der Waals surface area contributed by atoms with Crippen molar-refractivity contribution in [1.29, 1.82) is 0 Å². The fourth-order valence-electron chi connectivity index (χ4n) is 2.20. The lowest BCUT2D eigenvalue weighted by Gasteiger charge is -2.09. The first-order chi connectivity index (χ1) is 9.60. The first-order valence-electron chi connectivity index (χ1n) is 6.10. The second-order valence-corrected chi connectivity index (χ2v) is 4.47. The summed E-state index contributed by atoms with van der Waals surface area (Å²) in [4.78, 5) is 8.83. The Kier molecular flexibility index (Phi) is 2.85. The average Bonchev–Trinajstić information content (AvgIpc) is 2.79. The molecule has 2 aromatic heterocycles. The number of methoxy groups -OCH3 is 1. The maximum Gasteiger partial charge on any atom is 0.161 e. The summed E-state index contributed by atoms with van der Waals surface area (Å²) in [7, 11) is 3.33. The number of hydrogen-bond donors (Lipinski definition) is 0. The van der Waals surface area contributed by atoms with E-state index in [1.807, 2.05) is 14.0 Å². The highest BCUT2D eigenvalue weighted by atomic mass is 19.1. The van der Waals surface area contributed by atoms with Gasteiger partial charge in [0.1, 0.15) is 17.4 Å². The first kappa shape index (κ1) is 12.5. The van der Waals surface area contributed by atoms with Gasteiger partial charge in [-0.1, -0.05) is 0 Å². The Hall–Kier alpha value is -2.50. The van der Waals surface area contributed by atoms with Crippen molar-refractivity contribution >= 4 is 11.0 Å². The van der Waals surface area contributed by atoms with Gasteiger partial charge in [-0.2, -0.15) is 5.10 Å². The minimum Gasteiger partial charge on any atom is -0.496 e. The van der Waals surface area contributed by atoms with Gasteiger partial charge < -0.3 is 4.74 Å². The Morgan fingerprint density at radius 3 is 2.80 bits per heavy atom. The molecule has 0 spiro atoms. The molecule has 3 aromatic rings. The van der Waals surface area contributed by atoms with Crippen LogP contribution in [-0.4, -0.2) is 26.9 Å². The third-order valence-electron chi connectivity index (χ3n) is 3.12. The van der Waals surface area contributed by atoms with E-state index in [4.69, 9.17) is 4.74 Å². The molecule has 0 fully saturated rings.